The van der Waals surface area contributed by atoms with Crippen molar-refractivity contribution in [1.82, 2.24) is 9.80 Å². The van der Waals surface area contributed by atoms with E-state index in [1.54, 1.807) is 0 Å². The van der Waals surface area contributed by atoms with Crippen molar-refractivity contribution < 1.29 is 9.18 Å². The molecule has 3 nitrogen and oxygen atoms in total. The third-order valence-electron chi connectivity index (χ3n) is 4.79. The Kier molecular flexibility index (Phi) is 4.69. The van der Waals surface area contributed by atoms with Crippen LogP contribution in [0.3, 0.4) is 0 Å². The van der Waals surface area contributed by atoms with Gasteiger partial charge < -0.3 is 4.90 Å². The van der Waals surface area contributed by atoms with Gasteiger partial charge in [-0.05, 0) is 49.9 Å². The third-order valence-corrected chi connectivity index (χ3v) is 5.10. The second kappa shape index (κ2) is 6.55. The fourth-order valence-electron chi connectivity index (χ4n) is 3.74. The van der Waals surface area contributed by atoms with Gasteiger partial charge in [0.05, 0.1) is 10.6 Å². The number of carbonyl (C=O) groups excluding carboxylic acids is 1. The second-order valence-corrected chi connectivity index (χ2v) is 6.83. The Hall–Kier alpha value is -1.13. The molecule has 0 aliphatic carbocycles. The molecule has 3 aliphatic heterocycles. The van der Waals surface area contributed by atoms with Crippen molar-refractivity contribution in [2.45, 2.75) is 32.2 Å². The van der Waals surface area contributed by atoms with Crippen LogP contribution in [0.1, 0.15) is 36.5 Å². The highest BCUT2D eigenvalue weighted by Crippen LogP contribution is 2.29. The molecule has 4 rings (SSSR count). The van der Waals surface area contributed by atoms with Gasteiger partial charge in [-0.1, -0.05) is 18.5 Å². The van der Waals surface area contributed by atoms with Crippen LogP contribution in [-0.2, 0) is 0 Å². The van der Waals surface area contributed by atoms with E-state index in [-0.39, 0.29) is 10.9 Å². The Morgan fingerprint density at radius 3 is 2.86 bits per heavy atom. The fraction of sp³-hybridized carbons (Fsp3) is 0.588. The van der Waals surface area contributed by atoms with Crippen molar-refractivity contribution in [3.05, 3.63) is 34.6 Å². The van der Waals surface area contributed by atoms with Crippen LogP contribution < -0.4 is 0 Å². The summed E-state index contributed by atoms with van der Waals surface area (Å²) < 4.78 is 13.2. The molecule has 0 N–H and O–H groups in total. The maximum atomic E-state index is 13.2. The summed E-state index contributed by atoms with van der Waals surface area (Å²) in [5, 5.41) is 0.201. The van der Waals surface area contributed by atoms with Gasteiger partial charge in [0.25, 0.3) is 5.91 Å². The predicted molar refractivity (Wildman–Crippen MR) is 85.7 cm³/mol. The molecule has 0 spiro atoms. The summed E-state index contributed by atoms with van der Waals surface area (Å²) in [6.45, 7) is 5.91. The van der Waals surface area contributed by atoms with Crippen molar-refractivity contribution in [1.29, 1.82) is 0 Å². The van der Waals surface area contributed by atoms with Crippen molar-refractivity contribution >= 4 is 17.5 Å². The van der Waals surface area contributed by atoms with E-state index in [0.29, 0.717) is 17.5 Å². The zero-order chi connectivity index (χ0) is 15.7. The fourth-order valence-corrected chi connectivity index (χ4v) is 3.99. The molecule has 0 saturated carbocycles. The van der Waals surface area contributed by atoms with Gasteiger partial charge in [-0.2, -0.15) is 0 Å². The summed E-state index contributed by atoms with van der Waals surface area (Å²) in [4.78, 5) is 17.2. The van der Waals surface area contributed by atoms with Gasteiger partial charge in [-0.15, -0.1) is 0 Å². The number of halogens is 2. The molecule has 1 amide bonds. The van der Waals surface area contributed by atoms with Crippen LogP contribution in [0.2, 0.25) is 5.02 Å². The quantitative estimate of drug-likeness (QED) is 0.850. The number of benzene rings is 1. The summed E-state index contributed by atoms with van der Waals surface area (Å²) in [6, 6.07) is 4.46. The summed E-state index contributed by atoms with van der Waals surface area (Å²) in [6.07, 6.45) is 3.48. The lowest BCUT2D eigenvalue weighted by molar-refractivity contribution is 0.0738. The largest absolute Gasteiger partial charge is 0.337 e. The molecule has 120 valence electrons. The first-order valence-electron chi connectivity index (χ1n) is 8.07. The number of carbonyl (C=O) groups is 1. The van der Waals surface area contributed by atoms with E-state index in [1.165, 1.54) is 24.6 Å². The van der Waals surface area contributed by atoms with Crippen molar-refractivity contribution in [2.24, 2.45) is 5.92 Å². The molecule has 0 radical (unpaired) electrons. The number of hydrogen-bond donors (Lipinski definition) is 0. The van der Waals surface area contributed by atoms with Crippen LogP contribution in [0.4, 0.5) is 4.39 Å². The van der Waals surface area contributed by atoms with Gasteiger partial charge in [0.1, 0.15) is 5.82 Å². The topological polar surface area (TPSA) is 23.6 Å². The maximum absolute atomic E-state index is 13.2. The molecule has 3 saturated heterocycles. The van der Waals surface area contributed by atoms with Crippen LogP contribution in [0.5, 0.6) is 0 Å². The molecule has 0 unspecified atom stereocenters. The minimum absolute atomic E-state index is 0.0692. The summed E-state index contributed by atoms with van der Waals surface area (Å²) in [5.41, 5.74) is 0.409. The molecule has 2 bridgehead atoms. The first-order valence-corrected chi connectivity index (χ1v) is 8.44. The van der Waals surface area contributed by atoms with E-state index in [4.69, 9.17) is 11.6 Å². The number of piperidine rings is 1. The van der Waals surface area contributed by atoms with E-state index in [0.717, 1.165) is 39.0 Å². The Morgan fingerprint density at radius 2 is 2.14 bits per heavy atom. The molecule has 3 fully saturated rings. The predicted octanol–water partition coefficient (Wildman–Crippen LogP) is 3.43. The molecule has 22 heavy (non-hydrogen) atoms. The molecule has 2 atom stereocenters. The lowest BCUT2D eigenvalue weighted by atomic mass is 9.95. The summed E-state index contributed by atoms with van der Waals surface area (Å²) in [7, 11) is 0. The van der Waals surface area contributed by atoms with Crippen molar-refractivity contribution in [2.75, 3.05) is 26.2 Å². The summed E-state index contributed by atoms with van der Waals surface area (Å²) >= 11 is 6.05. The molecule has 0 aromatic heterocycles. The Bertz CT molecular complexity index is 566. The lowest BCUT2D eigenvalue weighted by Gasteiger charge is -2.35. The van der Waals surface area contributed by atoms with E-state index in [1.807, 2.05) is 4.90 Å². The van der Waals surface area contributed by atoms with Crippen molar-refractivity contribution in [3.63, 3.8) is 0 Å². The number of nitrogens with zero attached hydrogens (tertiary/aromatic N) is 2. The summed E-state index contributed by atoms with van der Waals surface area (Å²) in [5.74, 6) is 0.0559. The molecule has 1 aromatic carbocycles. The van der Waals surface area contributed by atoms with Crippen LogP contribution in [0, 0.1) is 11.7 Å². The number of amides is 1. The Balaban J connectivity index is 1.79. The van der Waals surface area contributed by atoms with E-state index in [2.05, 4.69) is 11.8 Å². The molecule has 5 heteroatoms. The van der Waals surface area contributed by atoms with Crippen LogP contribution >= 0.6 is 11.6 Å². The average Bonchev–Trinajstić information content (AvgIpc) is 2.79. The maximum Gasteiger partial charge on any atom is 0.255 e. The highest BCUT2D eigenvalue weighted by molar-refractivity contribution is 6.33. The monoisotopic (exact) mass is 324 g/mol. The minimum atomic E-state index is -0.411. The minimum Gasteiger partial charge on any atom is -0.337 e. The second-order valence-electron chi connectivity index (χ2n) is 6.43. The normalized spacial score (nSPS) is 25.3. The number of rotatable bonds is 3. The molecule has 3 aliphatic rings. The average molecular weight is 325 g/mol. The highest BCUT2D eigenvalue weighted by Gasteiger charge is 2.36. The van der Waals surface area contributed by atoms with E-state index in [9.17, 15) is 9.18 Å². The van der Waals surface area contributed by atoms with Crippen LogP contribution in [0.15, 0.2) is 18.2 Å². The standard InChI is InChI=1S/C17H22ClFN2O/c1-2-7-20-9-12-3-5-14(20)11-21(10-12)17(22)15-6-4-13(19)8-16(15)18/h4,6,8,12,14H,2-3,5,7,9-11H2,1H3/t12-,14-/m1/s1. The van der Waals surface area contributed by atoms with Crippen LogP contribution in [-0.4, -0.2) is 47.9 Å². The van der Waals surface area contributed by atoms with Gasteiger partial charge in [0, 0.05) is 25.7 Å². The highest BCUT2D eigenvalue weighted by atomic mass is 35.5. The first kappa shape index (κ1) is 15.8. The van der Waals surface area contributed by atoms with Crippen LogP contribution in [0.25, 0.3) is 0 Å². The first-order chi connectivity index (χ1) is 10.6. The number of hydrogen-bond acceptors (Lipinski definition) is 2. The molecule has 1 aromatic rings. The van der Waals surface area contributed by atoms with Gasteiger partial charge in [0.15, 0.2) is 0 Å². The number of fused-ring (bicyclic) bond motifs is 4. The van der Waals surface area contributed by atoms with Gasteiger partial charge in [-0.3, -0.25) is 9.69 Å². The Morgan fingerprint density at radius 1 is 1.32 bits per heavy atom. The van der Waals surface area contributed by atoms with Gasteiger partial charge in [0.2, 0.25) is 0 Å². The smallest absolute Gasteiger partial charge is 0.255 e. The molecular formula is C17H22ClFN2O. The molecular weight excluding hydrogens is 303 g/mol. The lowest BCUT2D eigenvalue weighted by Crippen LogP contribution is -2.44. The van der Waals surface area contributed by atoms with E-state index < -0.39 is 5.82 Å². The van der Waals surface area contributed by atoms with Crippen molar-refractivity contribution in [3.8, 4) is 0 Å². The van der Waals surface area contributed by atoms with Gasteiger partial charge in [-0.25, -0.2) is 4.39 Å². The zero-order valence-corrected chi connectivity index (χ0v) is 13.7. The SMILES string of the molecule is CCCN1C[C@H]2CC[C@@H]1CN(C(=O)c1ccc(F)cc1Cl)C2. The third kappa shape index (κ3) is 3.13. The van der Waals surface area contributed by atoms with E-state index >= 15 is 0 Å². The Labute approximate surface area is 136 Å². The zero-order valence-electron chi connectivity index (χ0n) is 12.9. The van der Waals surface area contributed by atoms with Gasteiger partial charge >= 0.3 is 0 Å². The molecule has 3 heterocycles.